The van der Waals surface area contributed by atoms with E-state index in [2.05, 4.69) is 20.4 Å². The van der Waals surface area contributed by atoms with E-state index >= 15 is 0 Å². The maximum atomic E-state index is 12.7. The number of hydrogen-bond donors (Lipinski definition) is 1. The van der Waals surface area contributed by atoms with Crippen molar-refractivity contribution in [1.29, 1.82) is 0 Å². The Morgan fingerprint density at radius 3 is 2.76 bits per heavy atom. The lowest BCUT2D eigenvalue weighted by Crippen LogP contribution is -2.37. The molecule has 1 N–H and O–H groups in total. The monoisotopic (exact) mass is 343 g/mol. The average molecular weight is 343 g/mol. The van der Waals surface area contributed by atoms with Crippen LogP contribution in [0.15, 0.2) is 23.1 Å². The minimum absolute atomic E-state index is 0.0111. The van der Waals surface area contributed by atoms with Crippen LogP contribution in [0.1, 0.15) is 51.6 Å². The molecule has 0 saturated carbocycles. The number of nitrogens with zero attached hydrogens (tertiary/aromatic N) is 4. The highest BCUT2D eigenvalue weighted by Crippen LogP contribution is 2.19. The summed E-state index contributed by atoms with van der Waals surface area (Å²) in [5.41, 5.74) is 1.46. The van der Waals surface area contributed by atoms with Crippen molar-refractivity contribution in [3.8, 4) is 0 Å². The van der Waals surface area contributed by atoms with E-state index in [1.807, 2.05) is 0 Å². The molecule has 1 atom stereocenters. The van der Waals surface area contributed by atoms with Gasteiger partial charge in [0.05, 0.1) is 11.9 Å². The first kappa shape index (κ1) is 17.1. The molecule has 8 heteroatoms. The van der Waals surface area contributed by atoms with Crippen molar-refractivity contribution in [2.75, 3.05) is 13.1 Å². The zero-order chi connectivity index (χ0) is 17.8. The van der Waals surface area contributed by atoms with Crippen molar-refractivity contribution in [2.24, 2.45) is 0 Å². The molecule has 0 radical (unpaired) electrons. The molecule has 132 valence electrons. The van der Waals surface area contributed by atoms with Gasteiger partial charge in [0.2, 0.25) is 0 Å². The second kappa shape index (κ2) is 7.42. The smallest absolute Gasteiger partial charge is 0.271 e. The zero-order valence-electron chi connectivity index (χ0n) is 14.4. The molecule has 0 unspecified atom stereocenters. The van der Waals surface area contributed by atoms with E-state index < -0.39 is 0 Å². The topological polar surface area (TPSA) is 101 Å². The van der Waals surface area contributed by atoms with Crippen LogP contribution in [0.4, 0.5) is 0 Å². The Bertz CT molecular complexity index is 739. The van der Waals surface area contributed by atoms with E-state index in [1.165, 1.54) is 18.6 Å². The van der Waals surface area contributed by atoms with Gasteiger partial charge >= 0.3 is 0 Å². The maximum absolute atomic E-state index is 12.7. The van der Waals surface area contributed by atoms with Crippen molar-refractivity contribution >= 4 is 11.8 Å². The third-order valence-corrected chi connectivity index (χ3v) is 4.39. The highest BCUT2D eigenvalue weighted by atomic mass is 16.5. The van der Waals surface area contributed by atoms with Gasteiger partial charge in [-0.25, -0.2) is 4.98 Å². The zero-order valence-corrected chi connectivity index (χ0v) is 14.4. The van der Waals surface area contributed by atoms with Gasteiger partial charge in [0.15, 0.2) is 0 Å². The van der Waals surface area contributed by atoms with Crippen LogP contribution in [0.3, 0.4) is 0 Å². The third-order valence-electron chi connectivity index (χ3n) is 4.39. The van der Waals surface area contributed by atoms with Crippen LogP contribution in [-0.2, 0) is 0 Å². The van der Waals surface area contributed by atoms with Gasteiger partial charge in [-0.1, -0.05) is 5.16 Å². The van der Waals surface area contributed by atoms with Gasteiger partial charge in [-0.3, -0.25) is 14.6 Å². The third kappa shape index (κ3) is 3.84. The molecule has 2 aromatic rings. The van der Waals surface area contributed by atoms with Gasteiger partial charge in [0.25, 0.3) is 11.8 Å². The van der Waals surface area contributed by atoms with Crippen LogP contribution < -0.4 is 5.32 Å². The molecule has 0 spiro atoms. The van der Waals surface area contributed by atoms with Crippen molar-refractivity contribution in [1.82, 2.24) is 25.3 Å². The summed E-state index contributed by atoms with van der Waals surface area (Å²) >= 11 is 0. The van der Waals surface area contributed by atoms with Crippen LogP contribution >= 0.6 is 0 Å². The Balaban J connectivity index is 1.61. The first-order valence-electron chi connectivity index (χ1n) is 8.35. The van der Waals surface area contributed by atoms with Crippen LogP contribution in [0.5, 0.6) is 0 Å². The highest BCUT2D eigenvalue weighted by molar-refractivity contribution is 5.96. The largest absolute Gasteiger partial charge is 0.361 e. The van der Waals surface area contributed by atoms with Gasteiger partial charge in [-0.15, -0.1) is 0 Å². The summed E-state index contributed by atoms with van der Waals surface area (Å²) in [7, 11) is 0. The van der Waals surface area contributed by atoms with Crippen LogP contribution in [0.25, 0.3) is 0 Å². The molecule has 1 aliphatic heterocycles. The summed E-state index contributed by atoms with van der Waals surface area (Å²) in [5.74, 6) is 0.250. The molecule has 1 aliphatic rings. The summed E-state index contributed by atoms with van der Waals surface area (Å²) in [6, 6.07) is 0.0111. The highest BCUT2D eigenvalue weighted by Gasteiger charge is 2.26. The fraction of sp³-hybridized carbons (Fsp3) is 0.471. The lowest BCUT2D eigenvalue weighted by Gasteiger charge is -2.20. The Kier molecular flexibility index (Phi) is 5.06. The van der Waals surface area contributed by atoms with E-state index in [4.69, 9.17) is 4.52 Å². The number of carbonyl (C=O) groups is 2. The van der Waals surface area contributed by atoms with Crippen molar-refractivity contribution in [3.05, 3.63) is 41.3 Å². The normalized spacial score (nSPS) is 17.8. The molecular weight excluding hydrogens is 322 g/mol. The number of amides is 2. The Morgan fingerprint density at radius 2 is 2.08 bits per heavy atom. The molecular formula is C17H21N5O3. The molecule has 0 aliphatic carbocycles. The van der Waals surface area contributed by atoms with Crippen LogP contribution in [0, 0.1) is 13.8 Å². The summed E-state index contributed by atoms with van der Waals surface area (Å²) in [4.78, 5) is 34.6. The summed E-state index contributed by atoms with van der Waals surface area (Å²) in [5, 5.41) is 6.83. The number of hydrogen-bond acceptors (Lipinski definition) is 6. The summed E-state index contributed by atoms with van der Waals surface area (Å²) in [6.07, 6.45) is 6.80. The van der Waals surface area contributed by atoms with Crippen LogP contribution in [0.2, 0.25) is 0 Å². The van der Waals surface area contributed by atoms with Gasteiger partial charge < -0.3 is 14.7 Å². The molecule has 1 saturated heterocycles. The second-order valence-corrected chi connectivity index (χ2v) is 6.18. The lowest BCUT2D eigenvalue weighted by molar-refractivity contribution is 0.0758. The van der Waals surface area contributed by atoms with Crippen LogP contribution in [-0.4, -0.2) is 51.0 Å². The average Bonchev–Trinajstić information content (AvgIpc) is 2.82. The quantitative estimate of drug-likeness (QED) is 0.906. The first-order chi connectivity index (χ1) is 12.1. The molecule has 8 nitrogen and oxygen atoms in total. The second-order valence-electron chi connectivity index (χ2n) is 6.18. The summed E-state index contributed by atoms with van der Waals surface area (Å²) in [6.45, 7) is 4.75. The number of rotatable bonds is 3. The van der Waals surface area contributed by atoms with E-state index in [1.54, 1.807) is 18.7 Å². The molecule has 0 bridgehead atoms. The first-order valence-corrected chi connectivity index (χ1v) is 8.35. The fourth-order valence-electron chi connectivity index (χ4n) is 3.07. The Morgan fingerprint density at radius 1 is 1.24 bits per heavy atom. The van der Waals surface area contributed by atoms with E-state index in [0.29, 0.717) is 42.2 Å². The molecule has 2 amide bonds. The van der Waals surface area contributed by atoms with Gasteiger partial charge in [-0.2, -0.15) is 0 Å². The van der Waals surface area contributed by atoms with Crippen molar-refractivity contribution in [2.45, 2.75) is 39.2 Å². The molecule has 0 aromatic carbocycles. The minimum atomic E-state index is -0.233. The maximum Gasteiger partial charge on any atom is 0.271 e. The summed E-state index contributed by atoms with van der Waals surface area (Å²) < 4.78 is 5.09. The molecule has 2 aromatic heterocycles. The molecule has 25 heavy (non-hydrogen) atoms. The number of nitrogens with one attached hydrogen (secondary N) is 1. The number of carbonyl (C=O) groups excluding carboxylic acids is 2. The molecule has 3 heterocycles. The predicted molar refractivity (Wildman–Crippen MR) is 89.0 cm³/mol. The van der Waals surface area contributed by atoms with Crippen molar-refractivity contribution in [3.63, 3.8) is 0 Å². The Hall–Kier alpha value is -2.77. The van der Waals surface area contributed by atoms with E-state index in [-0.39, 0.29) is 17.9 Å². The fourth-order valence-corrected chi connectivity index (χ4v) is 3.07. The van der Waals surface area contributed by atoms with Crippen molar-refractivity contribution < 1.29 is 14.1 Å². The standard InChI is InChI=1S/C17H21N5O3/c1-11-15(12(2)25-21-11)17(24)22-8-3-4-13(5-9-22)20-16(23)14-10-18-6-7-19-14/h6-7,10,13H,3-5,8-9H2,1-2H3,(H,20,23)/t13-/m0/s1. The molecule has 3 rings (SSSR count). The minimum Gasteiger partial charge on any atom is -0.361 e. The lowest BCUT2D eigenvalue weighted by atomic mass is 10.1. The number of aryl methyl sites for hydroxylation is 2. The van der Waals surface area contributed by atoms with Gasteiger partial charge in [0.1, 0.15) is 17.0 Å². The Labute approximate surface area is 145 Å². The SMILES string of the molecule is Cc1noc(C)c1C(=O)N1CCC[C@H](NC(=O)c2cnccn2)CC1. The van der Waals surface area contributed by atoms with Gasteiger partial charge in [-0.05, 0) is 33.1 Å². The van der Waals surface area contributed by atoms with E-state index in [0.717, 1.165) is 12.8 Å². The molecule has 1 fully saturated rings. The number of aromatic nitrogens is 3. The predicted octanol–water partition coefficient (Wildman–Crippen LogP) is 1.51. The van der Waals surface area contributed by atoms with Gasteiger partial charge in [0, 0.05) is 31.5 Å². The van der Waals surface area contributed by atoms with E-state index in [9.17, 15) is 9.59 Å². The number of likely N-dealkylation sites (tertiary alicyclic amines) is 1.